The maximum atomic E-state index is 15.8. The zero-order chi connectivity index (χ0) is 45.5. The molecule has 1 N–H and O–H groups in total. The second-order valence-electron chi connectivity index (χ2n) is 16.3. The lowest BCUT2D eigenvalue weighted by atomic mass is 10.1. The van der Waals surface area contributed by atoms with Crippen LogP contribution in [0.4, 0.5) is 15.8 Å². The number of pyridine rings is 2. The fourth-order valence-corrected chi connectivity index (χ4v) is 9.86. The summed E-state index contributed by atoms with van der Waals surface area (Å²) in [4.78, 5) is 44.3. The summed E-state index contributed by atoms with van der Waals surface area (Å²) in [7, 11) is 7.46. The number of halogens is 1. The number of carbonyl (C=O) groups excluding carboxylic acids is 2. The van der Waals surface area contributed by atoms with Crippen LogP contribution in [0, 0.1) is 12.7 Å². The zero-order valence-electron chi connectivity index (χ0n) is 37.4. The van der Waals surface area contributed by atoms with Crippen LogP contribution < -0.4 is 29.4 Å². The first-order valence-corrected chi connectivity index (χ1v) is 23.5. The van der Waals surface area contributed by atoms with Crippen molar-refractivity contribution < 1.29 is 28.2 Å². The maximum absolute atomic E-state index is 15.8. The number of anilines is 2. The number of aryl methyl sites for hydroxylation is 1. The number of methoxy groups -OCH3 is 1. The number of thiophene rings is 2. The molecule has 2 aromatic carbocycles. The number of fused-ring (bicyclic) bond motifs is 2. The average Bonchev–Trinajstić information content (AvgIpc) is 4.03. The van der Waals surface area contributed by atoms with E-state index >= 15 is 4.39 Å². The molecule has 0 fully saturated rings. The Balaban J connectivity index is 0.921. The molecule has 2 atom stereocenters. The van der Waals surface area contributed by atoms with Crippen molar-refractivity contribution in [3.05, 3.63) is 146 Å². The molecular weight excluding hydrogens is 864 g/mol. The van der Waals surface area contributed by atoms with Gasteiger partial charge in [0.2, 0.25) is 5.88 Å². The molecule has 0 spiro atoms. The van der Waals surface area contributed by atoms with E-state index in [0.29, 0.717) is 74.0 Å². The minimum absolute atomic E-state index is 0.0641. The molecule has 65 heavy (non-hydrogen) atoms. The van der Waals surface area contributed by atoms with Gasteiger partial charge in [-0.25, -0.2) is 14.4 Å². The molecule has 2 aliphatic rings. The predicted molar refractivity (Wildman–Crippen MR) is 254 cm³/mol. The Kier molecular flexibility index (Phi) is 14.6. The van der Waals surface area contributed by atoms with E-state index in [-0.39, 0.29) is 30.6 Å². The highest BCUT2D eigenvalue weighted by atomic mass is 32.1. The van der Waals surface area contributed by atoms with Gasteiger partial charge in [-0.15, -0.1) is 22.7 Å². The van der Waals surface area contributed by atoms with Crippen LogP contribution in [0.2, 0.25) is 0 Å². The normalized spacial score (nSPS) is 15.1. The van der Waals surface area contributed by atoms with Gasteiger partial charge in [0.05, 0.1) is 36.2 Å². The molecule has 0 saturated heterocycles. The Labute approximate surface area is 388 Å². The van der Waals surface area contributed by atoms with Gasteiger partial charge in [-0.1, -0.05) is 24.3 Å². The maximum Gasteiger partial charge on any atom is 0.257 e. The summed E-state index contributed by atoms with van der Waals surface area (Å²) in [5.74, 6) is 0.972. The molecule has 2 amide bonds. The number of hydrazine groups is 1. The Morgan fingerprint density at radius 1 is 0.800 bits per heavy atom. The lowest BCUT2D eigenvalue weighted by molar-refractivity contribution is 0.0744. The molecule has 2 aliphatic heterocycles. The summed E-state index contributed by atoms with van der Waals surface area (Å²) < 4.78 is 34.1. The minimum atomic E-state index is -0.422. The lowest BCUT2D eigenvalue weighted by Gasteiger charge is -2.34. The van der Waals surface area contributed by atoms with Crippen molar-refractivity contribution in [1.82, 2.24) is 30.1 Å². The first kappa shape index (κ1) is 45.5. The monoisotopic (exact) mass is 918 g/mol. The number of nitrogens with one attached hydrogen (secondary N) is 1. The standard InChI is InChI=1S/C49H55FN8O5S2/c1-33-26-36(12-10-34(33)31-56-21-20-54(3)42-28-47(61-5)53-30-39(42)49(56)60)62-44(46-9-7-25-65-46)16-19-55(4)58-23-22-57(48(59)38-29-52-18-14-41(38)58)32-35-11-13-37(27-40(35)50)63-43(15-17-51-2)45-8-6-24-64-45/h6-14,18,24-30,43-44,51H,15-17,19-23,31-32H2,1-5H3/t43-,44-/m0/s1. The van der Waals surface area contributed by atoms with Gasteiger partial charge in [-0.2, -0.15) is 0 Å². The van der Waals surface area contributed by atoms with Gasteiger partial charge in [0.1, 0.15) is 29.5 Å². The summed E-state index contributed by atoms with van der Waals surface area (Å²) in [6.07, 6.45) is 5.84. The fourth-order valence-electron chi connectivity index (χ4n) is 8.28. The minimum Gasteiger partial charge on any atom is -0.485 e. The summed E-state index contributed by atoms with van der Waals surface area (Å²) in [6, 6.07) is 22.8. The van der Waals surface area contributed by atoms with Crippen LogP contribution in [0.25, 0.3) is 0 Å². The van der Waals surface area contributed by atoms with Gasteiger partial charge in [-0.05, 0) is 78.8 Å². The smallest absolute Gasteiger partial charge is 0.257 e. The van der Waals surface area contributed by atoms with Crippen LogP contribution in [0.3, 0.4) is 0 Å². The van der Waals surface area contributed by atoms with Crippen molar-refractivity contribution in [3.63, 3.8) is 0 Å². The highest BCUT2D eigenvalue weighted by Gasteiger charge is 2.31. The molecule has 0 aliphatic carbocycles. The summed E-state index contributed by atoms with van der Waals surface area (Å²) in [5, 5.41) is 11.5. The number of aromatic nitrogens is 2. The molecule has 6 aromatic rings. The van der Waals surface area contributed by atoms with Crippen LogP contribution in [0.5, 0.6) is 17.4 Å². The highest BCUT2D eigenvalue weighted by molar-refractivity contribution is 7.10. The topological polar surface area (TPSA) is 116 Å². The summed E-state index contributed by atoms with van der Waals surface area (Å²) in [5.41, 5.74) is 5.04. The van der Waals surface area contributed by atoms with E-state index in [2.05, 4.69) is 41.6 Å². The van der Waals surface area contributed by atoms with Crippen LogP contribution >= 0.6 is 22.7 Å². The number of nitrogens with zero attached hydrogens (tertiary/aromatic N) is 7. The van der Waals surface area contributed by atoms with Crippen LogP contribution in [0.15, 0.2) is 102 Å². The second kappa shape index (κ2) is 20.8. The number of hydrogen-bond acceptors (Lipinski definition) is 13. The van der Waals surface area contributed by atoms with Gasteiger partial charge in [0.15, 0.2) is 0 Å². The number of rotatable bonds is 18. The fraction of sp³-hybridized carbons (Fsp3) is 0.347. The van der Waals surface area contributed by atoms with E-state index in [4.69, 9.17) is 14.2 Å². The third kappa shape index (κ3) is 10.6. The number of carbonyl (C=O) groups is 2. The highest BCUT2D eigenvalue weighted by Crippen LogP contribution is 2.34. The van der Waals surface area contributed by atoms with Crippen molar-refractivity contribution >= 4 is 45.9 Å². The van der Waals surface area contributed by atoms with Crippen molar-refractivity contribution in [1.29, 1.82) is 0 Å². The Bertz CT molecular complexity index is 2560. The van der Waals surface area contributed by atoms with E-state index in [1.54, 1.807) is 65.4 Å². The van der Waals surface area contributed by atoms with E-state index < -0.39 is 5.82 Å². The molecule has 8 rings (SSSR count). The molecule has 0 unspecified atom stereocenters. The molecule has 13 nitrogen and oxygen atoms in total. The van der Waals surface area contributed by atoms with Gasteiger partial charge >= 0.3 is 0 Å². The molecule has 340 valence electrons. The Morgan fingerprint density at radius 2 is 1.45 bits per heavy atom. The second-order valence-corrected chi connectivity index (χ2v) is 18.2. The number of hydrogen-bond donors (Lipinski definition) is 1. The van der Waals surface area contributed by atoms with E-state index in [1.807, 2.05) is 86.9 Å². The Morgan fingerprint density at radius 3 is 2.09 bits per heavy atom. The van der Waals surface area contributed by atoms with E-state index in [0.717, 1.165) is 51.0 Å². The van der Waals surface area contributed by atoms with Crippen molar-refractivity contribution in [2.75, 3.05) is 77.4 Å². The van der Waals surface area contributed by atoms with E-state index in [1.165, 1.54) is 6.07 Å². The summed E-state index contributed by atoms with van der Waals surface area (Å²) >= 11 is 3.27. The third-order valence-electron chi connectivity index (χ3n) is 12.0. The SMILES string of the molecule is CNCC[C@H](Oc1ccc(CN2CCN(N(C)CC[C@H](Oc3ccc(CN4CCN(C)c5cc(OC)ncc5C4=O)c(C)c3)c3cccs3)c3ccncc3C2=O)c(F)c1)c1cccs1. The van der Waals surface area contributed by atoms with E-state index in [9.17, 15) is 9.59 Å². The third-order valence-corrected chi connectivity index (χ3v) is 13.9. The van der Waals surface area contributed by atoms with Crippen LogP contribution in [0.1, 0.15) is 72.2 Å². The van der Waals surface area contributed by atoms with Crippen LogP contribution in [-0.4, -0.2) is 104 Å². The molecule has 0 bridgehead atoms. The molecule has 0 saturated carbocycles. The first-order chi connectivity index (χ1) is 31.6. The molecular formula is C49H55FN8O5S2. The first-order valence-electron chi connectivity index (χ1n) is 21.8. The predicted octanol–water partition coefficient (Wildman–Crippen LogP) is 8.40. The molecule has 4 aromatic heterocycles. The zero-order valence-corrected chi connectivity index (χ0v) is 39.0. The molecule has 6 heterocycles. The van der Waals surface area contributed by atoms with Crippen molar-refractivity contribution in [2.24, 2.45) is 0 Å². The van der Waals surface area contributed by atoms with Gasteiger partial charge in [0.25, 0.3) is 11.8 Å². The number of ether oxygens (including phenoxy) is 3. The number of likely N-dealkylation sites (N-methyl/N-ethyl adjacent to an activating group) is 1. The van der Waals surface area contributed by atoms with Gasteiger partial charge in [0, 0.05) is 112 Å². The number of benzene rings is 2. The van der Waals surface area contributed by atoms with Gasteiger partial charge < -0.3 is 39.2 Å². The number of amides is 2. The summed E-state index contributed by atoms with van der Waals surface area (Å²) in [6.45, 7) is 6.09. The lowest BCUT2D eigenvalue weighted by Crippen LogP contribution is -2.44. The molecule has 0 radical (unpaired) electrons. The average molecular weight is 919 g/mol. The largest absolute Gasteiger partial charge is 0.485 e. The molecule has 16 heteroatoms. The van der Waals surface area contributed by atoms with Crippen molar-refractivity contribution in [3.8, 4) is 17.4 Å². The van der Waals surface area contributed by atoms with Crippen molar-refractivity contribution in [2.45, 2.75) is 45.1 Å². The Hall–Kier alpha value is -6.07. The van der Waals surface area contributed by atoms with Gasteiger partial charge in [-0.3, -0.25) is 14.6 Å². The van der Waals surface area contributed by atoms with Crippen LogP contribution in [-0.2, 0) is 13.1 Å². The quantitative estimate of drug-likeness (QED) is 0.0897.